The molecule has 0 saturated heterocycles. The van der Waals surface area contributed by atoms with E-state index >= 15 is 0 Å². The number of rotatable bonds is 6. The highest BCUT2D eigenvalue weighted by Crippen LogP contribution is 2.19. The van der Waals surface area contributed by atoms with Crippen molar-refractivity contribution in [2.45, 2.75) is 39.7 Å². The Morgan fingerprint density at radius 3 is 2.88 bits per heavy atom. The SMILES string of the molecule is CCC(C)C(C)Nc1nc(CC(=O)OC)cs1. The minimum atomic E-state index is -0.253. The first-order chi connectivity index (χ1) is 8.06. The first kappa shape index (κ1) is 14.0. The van der Waals surface area contributed by atoms with Crippen molar-refractivity contribution in [2.24, 2.45) is 5.92 Å². The molecule has 5 heteroatoms. The van der Waals surface area contributed by atoms with Crippen LogP contribution in [-0.4, -0.2) is 24.1 Å². The summed E-state index contributed by atoms with van der Waals surface area (Å²) in [4.78, 5) is 15.5. The molecular formula is C12H20N2O2S. The number of hydrogen-bond acceptors (Lipinski definition) is 5. The molecule has 0 spiro atoms. The lowest BCUT2D eigenvalue weighted by Gasteiger charge is -2.18. The van der Waals surface area contributed by atoms with Gasteiger partial charge in [0, 0.05) is 11.4 Å². The number of methoxy groups -OCH3 is 1. The molecule has 2 atom stereocenters. The fourth-order valence-electron chi connectivity index (χ4n) is 1.37. The molecule has 1 aromatic rings. The summed E-state index contributed by atoms with van der Waals surface area (Å²) in [5.74, 6) is 0.347. The average molecular weight is 256 g/mol. The number of thiazole rings is 1. The van der Waals surface area contributed by atoms with Crippen LogP contribution in [0, 0.1) is 5.92 Å². The quantitative estimate of drug-likeness (QED) is 0.795. The van der Waals surface area contributed by atoms with E-state index in [4.69, 9.17) is 0 Å². The summed E-state index contributed by atoms with van der Waals surface area (Å²) >= 11 is 1.53. The molecule has 96 valence electrons. The Bertz CT molecular complexity index is 365. The van der Waals surface area contributed by atoms with Gasteiger partial charge in [-0.3, -0.25) is 4.79 Å². The Balaban J connectivity index is 2.53. The normalized spacial score (nSPS) is 14.1. The Kier molecular flexibility index (Phi) is 5.41. The second-order valence-corrected chi connectivity index (χ2v) is 5.07. The van der Waals surface area contributed by atoms with Crippen molar-refractivity contribution >= 4 is 22.4 Å². The highest BCUT2D eigenvalue weighted by Gasteiger charge is 2.12. The first-order valence-corrected chi connectivity index (χ1v) is 6.72. The van der Waals surface area contributed by atoms with Crippen LogP contribution in [0.15, 0.2) is 5.38 Å². The summed E-state index contributed by atoms with van der Waals surface area (Å²) in [5.41, 5.74) is 0.765. The van der Waals surface area contributed by atoms with Crippen molar-refractivity contribution in [2.75, 3.05) is 12.4 Å². The number of aromatic nitrogens is 1. The van der Waals surface area contributed by atoms with Crippen LogP contribution >= 0.6 is 11.3 Å². The van der Waals surface area contributed by atoms with Crippen LogP contribution in [0.25, 0.3) is 0 Å². The molecule has 4 nitrogen and oxygen atoms in total. The second-order valence-electron chi connectivity index (χ2n) is 4.22. The number of carbonyl (C=O) groups excluding carboxylic acids is 1. The number of esters is 1. The van der Waals surface area contributed by atoms with Crippen LogP contribution in [0.2, 0.25) is 0 Å². The van der Waals surface area contributed by atoms with Gasteiger partial charge in [0.05, 0.1) is 19.2 Å². The number of nitrogens with zero attached hydrogens (tertiary/aromatic N) is 1. The van der Waals surface area contributed by atoms with Crippen LogP contribution in [0.3, 0.4) is 0 Å². The fourth-order valence-corrected chi connectivity index (χ4v) is 2.17. The van der Waals surface area contributed by atoms with Gasteiger partial charge in [0.1, 0.15) is 0 Å². The molecule has 0 saturated carbocycles. The Hall–Kier alpha value is -1.10. The number of anilines is 1. The van der Waals surface area contributed by atoms with E-state index in [-0.39, 0.29) is 12.4 Å². The van der Waals surface area contributed by atoms with E-state index in [1.807, 2.05) is 5.38 Å². The molecule has 1 N–H and O–H groups in total. The van der Waals surface area contributed by atoms with Crippen LogP contribution in [-0.2, 0) is 16.0 Å². The molecule has 0 radical (unpaired) electrons. The zero-order valence-electron chi connectivity index (χ0n) is 10.8. The van der Waals surface area contributed by atoms with Gasteiger partial charge in [-0.2, -0.15) is 0 Å². The number of ether oxygens (including phenoxy) is 1. The maximum atomic E-state index is 11.1. The number of nitrogens with one attached hydrogen (secondary N) is 1. The maximum Gasteiger partial charge on any atom is 0.311 e. The third-order valence-electron chi connectivity index (χ3n) is 2.95. The van der Waals surface area contributed by atoms with Gasteiger partial charge in [0.2, 0.25) is 0 Å². The van der Waals surface area contributed by atoms with E-state index in [1.54, 1.807) is 0 Å². The molecule has 0 aromatic carbocycles. The molecule has 0 aliphatic heterocycles. The molecule has 0 aliphatic rings. The zero-order valence-corrected chi connectivity index (χ0v) is 11.6. The topological polar surface area (TPSA) is 51.2 Å². The van der Waals surface area contributed by atoms with Gasteiger partial charge in [-0.1, -0.05) is 20.3 Å². The molecule has 0 amide bonds. The van der Waals surface area contributed by atoms with Crippen molar-refractivity contribution < 1.29 is 9.53 Å². The highest BCUT2D eigenvalue weighted by molar-refractivity contribution is 7.13. The minimum Gasteiger partial charge on any atom is -0.469 e. The maximum absolute atomic E-state index is 11.1. The lowest BCUT2D eigenvalue weighted by atomic mass is 10.0. The third kappa shape index (κ3) is 4.34. The number of carbonyl (C=O) groups is 1. The molecule has 0 aliphatic carbocycles. The molecule has 0 bridgehead atoms. The van der Waals surface area contributed by atoms with Gasteiger partial charge in [-0.15, -0.1) is 11.3 Å². The summed E-state index contributed by atoms with van der Waals surface area (Å²) in [5, 5.41) is 6.12. The van der Waals surface area contributed by atoms with E-state index in [0.29, 0.717) is 12.0 Å². The lowest BCUT2D eigenvalue weighted by molar-refractivity contribution is -0.139. The molecule has 1 aromatic heterocycles. The van der Waals surface area contributed by atoms with E-state index < -0.39 is 0 Å². The van der Waals surface area contributed by atoms with Crippen LogP contribution in [0.1, 0.15) is 32.9 Å². The minimum absolute atomic E-state index is 0.242. The van der Waals surface area contributed by atoms with E-state index in [9.17, 15) is 4.79 Å². The largest absolute Gasteiger partial charge is 0.469 e. The predicted molar refractivity (Wildman–Crippen MR) is 70.4 cm³/mol. The Morgan fingerprint density at radius 2 is 2.29 bits per heavy atom. The molecule has 1 heterocycles. The Labute approximate surface area is 106 Å². The van der Waals surface area contributed by atoms with Gasteiger partial charge in [-0.25, -0.2) is 4.98 Å². The van der Waals surface area contributed by atoms with Crippen LogP contribution in [0.5, 0.6) is 0 Å². The molecule has 17 heavy (non-hydrogen) atoms. The summed E-state index contributed by atoms with van der Waals surface area (Å²) < 4.78 is 4.61. The Morgan fingerprint density at radius 1 is 1.59 bits per heavy atom. The second kappa shape index (κ2) is 6.59. The van der Waals surface area contributed by atoms with Gasteiger partial charge < -0.3 is 10.1 Å². The molecule has 2 unspecified atom stereocenters. The summed E-state index contributed by atoms with van der Waals surface area (Å²) in [6.07, 6.45) is 1.38. The summed E-state index contributed by atoms with van der Waals surface area (Å²) in [7, 11) is 1.39. The van der Waals surface area contributed by atoms with E-state index in [1.165, 1.54) is 18.4 Å². The van der Waals surface area contributed by atoms with E-state index in [0.717, 1.165) is 17.2 Å². The zero-order chi connectivity index (χ0) is 12.8. The summed E-state index contributed by atoms with van der Waals surface area (Å²) in [6, 6.07) is 0.386. The smallest absolute Gasteiger partial charge is 0.311 e. The van der Waals surface area contributed by atoms with Gasteiger partial charge in [-0.05, 0) is 12.8 Å². The monoisotopic (exact) mass is 256 g/mol. The highest BCUT2D eigenvalue weighted by atomic mass is 32.1. The fraction of sp³-hybridized carbons (Fsp3) is 0.667. The lowest BCUT2D eigenvalue weighted by Crippen LogP contribution is -2.23. The van der Waals surface area contributed by atoms with Crippen molar-refractivity contribution in [1.82, 2.24) is 4.98 Å². The van der Waals surface area contributed by atoms with E-state index in [2.05, 4.69) is 35.8 Å². The van der Waals surface area contributed by atoms with Crippen molar-refractivity contribution in [1.29, 1.82) is 0 Å². The van der Waals surface area contributed by atoms with Crippen molar-refractivity contribution in [3.8, 4) is 0 Å². The van der Waals surface area contributed by atoms with Crippen molar-refractivity contribution in [3.63, 3.8) is 0 Å². The van der Waals surface area contributed by atoms with Crippen LogP contribution in [0.4, 0.5) is 5.13 Å². The summed E-state index contributed by atoms with van der Waals surface area (Å²) in [6.45, 7) is 6.53. The van der Waals surface area contributed by atoms with Gasteiger partial charge >= 0.3 is 5.97 Å². The van der Waals surface area contributed by atoms with Gasteiger partial charge in [0.15, 0.2) is 5.13 Å². The van der Waals surface area contributed by atoms with Crippen molar-refractivity contribution in [3.05, 3.63) is 11.1 Å². The predicted octanol–water partition coefficient (Wildman–Crippen LogP) is 2.71. The van der Waals surface area contributed by atoms with Crippen LogP contribution < -0.4 is 5.32 Å². The third-order valence-corrected chi connectivity index (χ3v) is 3.78. The standard InChI is InChI=1S/C12H20N2O2S/c1-5-8(2)9(3)13-12-14-10(7-17-12)6-11(15)16-4/h7-9H,5-6H2,1-4H3,(H,13,14). The molecule has 0 fully saturated rings. The molecule has 1 rings (SSSR count). The molecular weight excluding hydrogens is 236 g/mol. The van der Waals surface area contributed by atoms with Gasteiger partial charge in [0.25, 0.3) is 0 Å². The first-order valence-electron chi connectivity index (χ1n) is 5.84. The average Bonchev–Trinajstić information content (AvgIpc) is 2.75. The number of hydrogen-bond donors (Lipinski definition) is 1.